The molecule has 0 saturated carbocycles. The summed E-state index contributed by atoms with van der Waals surface area (Å²) in [6.45, 7) is 3.69. The molecular formula is C25H38N4O8S. The Balaban J connectivity index is 3.05. The number of carbonyl (C=O) groups excluding carboxylic acids is 3. The molecule has 8 N–H and O–H groups in total. The number of aromatic hydroxyl groups is 1. The van der Waals surface area contributed by atoms with Crippen molar-refractivity contribution < 1.29 is 39.3 Å². The fourth-order valence-corrected chi connectivity index (χ4v) is 3.91. The number of benzene rings is 1. The first-order chi connectivity index (χ1) is 17.9. The molecule has 0 fully saturated rings. The maximum Gasteiger partial charge on any atom is 0.326 e. The Kier molecular flexibility index (Phi) is 14.2. The molecule has 0 radical (unpaired) electrons. The maximum absolute atomic E-state index is 13.1. The van der Waals surface area contributed by atoms with Gasteiger partial charge in [-0.1, -0.05) is 32.4 Å². The highest BCUT2D eigenvalue weighted by Gasteiger charge is 2.31. The minimum atomic E-state index is -1.38. The lowest BCUT2D eigenvalue weighted by atomic mass is 9.99. The van der Waals surface area contributed by atoms with Gasteiger partial charge in [-0.25, -0.2) is 4.79 Å². The normalized spacial score (nSPS) is 14.8. The molecule has 38 heavy (non-hydrogen) atoms. The van der Waals surface area contributed by atoms with Crippen LogP contribution >= 0.6 is 11.8 Å². The molecule has 13 heteroatoms. The van der Waals surface area contributed by atoms with Crippen LogP contribution in [0.3, 0.4) is 0 Å². The van der Waals surface area contributed by atoms with E-state index in [2.05, 4.69) is 16.0 Å². The van der Waals surface area contributed by atoms with Crippen molar-refractivity contribution in [2.75, 3.05) is 12.0 Å². The van der Waals surface area contributed by atoms with Gasteiger partial charge in [-0.05, 0) is 48.5 Å². The number of carboxylic acids is 2. The van der Waals surface area contributed by atoms with E-state index in [9.17, 15) is 34.2 Å². The predicted octanol–water partition coefficient (Wildman–Crippen LogP) is 0.465. The van der Waals surface area contributed by atoms with Crippen LogP contribution in [0.25, 0.3) is 0 Å². The summed E-state index contributed by atoms with van der Waals surface area (Å²) in [6.07, 6.45) is 1.84. The van der Waals surface area contributed by atoms with Crippen molar-refractivity contribution in [3.05, 3.63) is 29.8 Å². The topological polar surface area (TPSA) is 208 Å². The lowest BCUT2D eigenvalue weighted by Gasteiger charge is -2.26. The van der Waals surface area contributed by atoms with Crippen molar-refractivity contribution in [2.45, 2.75) is 70.1 Å². The van der Waals surface area contributed by atoms with Gasteiger partial charge in [0.05, 0.1) is 6.04 Å². The second-order valence-corrected chi connectivity index (χ2v) is 10.0. The number of phenols is 1. The Morgan fingerprint density at radius 3 is 1.92 bits per heavy atom. The Labute approximate surface area is 226 Å². The lowest BCUT2D eigenvalue weighted by molar-refractivity contribution is -0.143. The van der Waals surface area contributed by atoms with Gasteiger partial charge < -0.3 is 37.0 Å². The summed E-state index contributed by atoms with van der Waals surface area (Å²) < 4.78 is 0. The Morgan fingerprint density at radius 2 is 1.42 bits per heavy atom. The van der Waals surface area contributed by atoms with Crippen molar-refractivity contribution in [3.8, 4) is 5.75 Å². The summed E-state index contributed by atoms with van der Waals surface area (Å²) in [7, 11) is 0. The minimum Gasteiger partial charge on any atom is -0.508 e. The molecule has 0 spiro atoms. The summed E-state index contributed by atoms with van der Waals surface area (Å²) >= 11 is 1.45. The van der Waals surface area contributed by atoms with Crippen molar-refractivity contribution in [1.82, 2.24) is 16.0 Å². The molecule has 0 aliphatic rings. The molecule has 212 valence electrons. The Bertz CT molecular complexity index is 959. The number of hydrogen-bond donors (Lipinski definition) is 7. The number of amides is 3. The zero-order valence-corrected chi connectivity index (χ0v) is 22.6. The van der Waals surface area contributed by atoms with Gasteiger partial charge in [-0.2, -0.15) is 11.8 Å². The first-order valence-electron chi connectivity index (χ1n) is 12.3. The monoisotopic (exact) mass is 554 g/mol. The summed E-state index contributed by atoms with van der Waals surface area (Å²) in [5.74, 6) is -4.27. The van der Waals surface area contributed by atoms with Crippen molar-refractivity contribution in [1.29, 1.82) is 0 Å². The summed E-state index contributed by atoms with van der Waals surface area (Å²) in [5, 5.41) is 35.6. The second kappa shape index (κ2) is 16.5. The zero-order chi connectivity index (χ0) is 28.8. The number of nitrogens with two attached hydrogens (primary N) is 1. The van der Waals surface area contributed by atoms with Crippen LogP contribution in [0, 0.1) is 5.92 Å². The molecule has 0 saturated heterocycles. The summed E-state index contributed by atoms with van der Waals surface area (Å²) in [5.41, 5.74) is 6.51. The van der Waals surface area contributed by atoms with Gasteiger partial charge >= 0.3 is 11.9 Å². The Hall–Kier alpha value is -3.32. The third-order valence-corrected chi connectivity index (χ3v) is 6.72. The van der Waals surface area contributed by atoms with E-state index in [1.807, 2.05) is 20.1 Å². The minimum absolute atomic E-state index is 0.00525. The molecule has 1 aromatic carbocycles. The highest BCUT2D eigenvalue weighted by molar-refractivity contribution is 7.98. The molecular weight excluding hydrogens is 516 g/mol. The van der Waals surface area contributed by atoms with Crippen molar-refractivity contribution in [2.24, 2.45) is 11.7 Å². The van der Waals surface area contributed by atoms with Crippen LogP contribution < -0.4 is 21.7 Å². The standard InChI is InChI=1S/C25H38N4O8S/c1-4-14(2)21(26)24(35)28-18(11-12-38-3)23(34)27-17(9-10-20(31)32)22(33)29-19(25(36)37)13-15-5-7-16(30)8-6-15/h5-8,14,17-19,21,30H,4,9-13,26H2,1-3H3,(H,27,34)(H,28,35)(H,29,33)(H,31,32)(H,36,37). The molecule has 1 rings (SSSR count). The lowest BCUT2D eigenvalue weighted by Crippen LogP contribution is -2.58. The Morgan fingerprint density at radius 1 is 0.895 bits per heavy atom. The highest BCUT2D eigenvalue weighted by Crippen LogP contribution is 2.12. The molecule has 0 aromatic heterocycles. The maximum atomic E-state index is 13.1. The number of carboxylic acid groups (broad SMARTS) is 2. The molecule has 0 aliphatic carbocycles. The van der Waals surface area contributed by atoms with E-state index >= 15 is 0 Å². The quantitative estimate of drug-likeness (QED) is 0.141. The molecule has 3 amide bonds. The van der Waals surface area contributed by atoms with Gasteiger partial charge in [-0.15, -0.1) is 0 Å². The van der Waals surface area contributed by atoms with Crippen LogP contribution in [0.5, 0.6) is 5.75 Å². The molecule has 0 heterocycles. The third-order valence-electron chi connectivity index (χ3n) is 6.07. The molecule has 12 nitrogen and oxygen atoms in total. The molecule has 1 aromatic rings. The van der Waals surface area contributed by atoms with E-state index in [4.69, 9.17) is 10.8 Å². The fraction of sp³-hybridized carbons (Fsp3) is 0.560. The number of thioether (sulfide) groups is 1. The van der Waals surface area contributed by atoms with Gasteiger partial charge in [0.25, 0.3) is 0 Å². The van der Waals surface area contributed by atoms with Gasteiger partial charge in [0.2, 0.25) is 17.7 Å². The zero-order valence-electron chi connectivity index (χ0n) is 21.8. The molecule has 5 atom stereocenters. The van der Waals surface area contributed by atoms with Crippen molar-refractivity contribution in [3.63, 3.8) is 0 Å². The van der Waals surface area contributed by atoms with Crippen LogP contribution in [-0.2, 0) is 30.4 Å². The largest absolute Gasteiger partial charge is 0.508 e. The van der Waals surface area contributed by atoms with Crippen LogP contribution in [0.1, 0.15) is 45.1 Å². The average Bonchev–Trinajstić information content (AvgIpc) is 2.88. The number of phenolic OH excluding ortho intramolecular Hbond substituents is 1. The SMILES string of the molecule is CCC(C)C(N)C(=O)NC(CCSC)C(=O)NC(CCC(=O)O)C(=O)NC(Cc1ccc(O)cc1)C(=O)O. The van der Waals surface area contributed by atoms with E-state index in [1.54, 1.807) is 0 Å². The third kappa shape index (κ3) is 11.4. The smallest absolute Gasteiger partial charge is 0.326 e. The average molecular weight is 555 g/mol. The highest BCUT2D eigenvalue weighted by atomic mass is 32.2. The molecule has 0 aliphatic heterocycles. The second-order valence-electron chi connectivity index (χ2n) is 9.02. The van der Waals surface area contributed by atoms with Crippen molar-refractivity contribution >= 4 is 41.4 Å². The molecule has 0 bridgehead atoms. The van der Waals surface area contributed by atoms with Gasteiger partial charge in [0.1, 0.15) is 23.9 Å². The van der Waals surface area contributed by atoms with Crippen LogP contribution in [-0.4, -0.2) is 81.2 Å². The number of hydrogen-bond acceptors (Lipinski definition) is 8. The predicted molar refractivity (Wildman–Crippen MR) is 143 cm³/mol. The number of aliphatic carboxylic acids is 2. The molecule has 5 unspecified atom stereocenters. The van der Waals surface area contributed by atoms with E-state index in [-0.39, 0.29) is 30.9 Å². The summed E-state index contributed by atoms with van der Waals surface area (Å²) in [4.78, 5) is 61.7. The van der Waals surface area contributed by atoms with Gasteiger partial charge in [0.15, 0.2) is 0 Å². The van der Waals surface area contributed by atoms with Gasteiger partial charge in [-0.3, -0.25) is 19.2 Å². The first kappa shape index (κ1) is 32.7. The van der Waals surface area contributed by atoms with E-state index < -0.39 is 60.2 Å². The number of carbonyl (C=O) groups is 5. The van der Waals surface area contributed by atoms with Crippen LogP contribution in [0.4, 0.5) is 0 Å². The van der Waals surface area contributed by atoms with E-state index in [0.29, 0.717) is 17.7 Å². The van der Waals surface area contributed by atoms with Crippen LogP contribution in [0.15, 0.2) is 24.3 Å². The van der Waals surface area contributed by atoms with Crippen LogP contribution in [0.2, 0.25) is 0 Å². The first-order valence-corrected chi connectivity index (χ1v) is 13.7. The fourth-order valence-electron chi connectivity index (χ4n) is 3.43. The van der Waals surface area contributed by atoms with Gasteiger partial charge in [0, 0.05) is 12.8 Å². The van der Waals surface area contributed by atoms with E-state index in [0.717, 1.165) is 0 Å². The number of nitrogens with one attached hydrogen (secondary N) is 3. The van der Waals surface area contributed by atoms with E-state index in [1.165, 1.54) is 36.0 Å². The number of rotatable bonds is 17. The summed E-state index contributed by atoms with van der Waals surface area (Å²) in [6, 6.07) is 1.15.